The first kappa shape index (κ1) is 33.3. The number of piperazine rings is 1. The molecule has 2 aromatic carbocycles. The van der Waals surface area contributed by atoms with Crippen molar-refractivity contribution >= 4 is 34.9 Å². The molecule has 2 atom stereocenters. The van der Waals surface area contributed by atoms with Gasteiger partial charge in [0.15, 0.2) is 11.5 Å². The molecule has 0 spiro atoms. The molecule has 0 saturated carbocycles. The Bertz CT molecular complexity index is 1620. The minimum Gasteiger partial charge on any atom is -0.371 e. The summed E-state index contributed by atoms with van der Waals surface area (Å²) in [5.41, 5.74) is -0.273. The summed E-state index contributed by atoms with van der Waals surface area (Å²) in [6.45, 7) is 3.86. The number of rotatable bonds is 5. The average molecular weight is 680 g/mol. The maximum atomic E-state index is 13.8. The van der Waals surface area contributed by atoms with Gasteiger partial charge in [-0.15, -0.1) is 5.06 Å². The molecule has 1 N–H and O–H groups in total. The van der Waals surface area contributed by atoms with Crippen molar-refractivity contribution in [2.75, 3.05) is 66.5 Å². The number of alkyl halides is 6. The van der Waals surface area contributed by atoms with Crippen molar-refractivity contribution in [1.29, 1.82) is 0 Å². The van der Waals surface area contributed by atoms with E-state index in [4.69, 9.17) is 4.74 Å². The summed E-state index contributed by atoms with van der Waals surface area (Å²) in [4.78, 5) is 43.5. The van der Waals surface area contributed by atoms with Crippen LogP contribution in [-0.2, 0) is 20.5 Å². The van der Waals surface area contributed by atoms with Gasteiger partial charge < -0.3 is 29.6 Å². The normalized spacial score (nSPS) is 20.1. The van der Waals surface area contributed by atoms with Crippen LogP contribution in [0.2, 0.25) is 0 Å². The van der Waals surface area contributed by atoms with Crippen LogP contribution in [-0.4, -0.2) is 91.6 Å². The lowest BCUT2D eigenvalue weighted by Gasteiger charge is -2.34. The van der Waals surface area contributed by atoms with Crippen LogP contribution < -0.4 is 20.2 Å². The highest BCUT2D eigenvalue weighted by molar-refractivity contribution is 6.01. The Morgan fingerprint density at radius 3 is 2.08 bits per heavy atom. The quantitative estimate of drug-likeness (QED) is 0.283. The standard InChI is InChI=1S/C31H31F6N7O4/c1-41-12-14-42(15-13-41)21-6-8-22(9-7-21)44(48-28(45)31(35,36)37)29(46)38-20-4-2-19(3-5-20)27-39-25(30(32,33)34)16-26(40-27)43-17-23-10-11-24(18-43)47-23/h2-9,16,23-24H,10-15,17-18H2,1H3,(H,38,46). The minimum absolute atomic E-state index is 0.0443. The van der Waals surface area contributed by atoms with E-state index in [9.17, 15) is 35.9 Å². The van der Waals surface area contributed by atoms with Gasteiger partial charge in [-0.1, -0.05) is 0 Å². The molecular weight excluding hydrogens is 648 g/mol. The van der Waals surface area contributed by atoms with E-state index in [0.29, 0.717) is 13.1 Å². The van der Waals surface area contributed by atoms with Gasteiger partial charge in [0, 0.05) is 62.3 Å². The van der Waals surface area contributed by atoms with Gasteiger partial charge in [-0.25, -0.2) is 19.6 Å². The number of urea groups is 1. The lowest BCUT2D eigenvalue weighted by atomic mass is 10.2. The van der Waals surface area contributed by atoms with Crippen LogP contribution in [0.5, 0.6) is 0 Å². The first-order chi connectivity index (χ1) is 22.7. The Labute approximate surface area is 271 Å². The topological polar surface area (TPSA) is 103 Å². The van der Waals surface area contributed by atoms with E-state index in [-0.39, 0.29) is 45.9 Å². The highest BCUT2D eigenvalue weighted by Crippen LogP contribution is 2.35. The predicted molar refractivity (Wildman–Crippen MR) is 162 cm³/mol. The number of fused-ring (bicyclic) bond motifs is 2. The van der Waals surface area contributed by atoms with Crippen LogP contribution in [0.4, 0.5) is 54.0 Å². The van der Waals surface area contributed by atoms with Gasteiger partial charge in [0.25, 0.3) is 0 Å². The van der Waals surface area contributed by atoms with Crippen LogP contribution in [0.15, 0.2) is 54.6 Å². The SMILES string of the molecule is CN1CCN(c2ccc(N(OC(=O)C(F)(F)F)C(=O)Nc3ccc(-c4nc(N5CC6CCC(C5)O6)cc(C(F)(F)F)n4)cc3)cc2)CC1. The number of benzene rings is 2. The highest BCUT2D eigenvalue weighted by atomic mass is 19.4. The van der Waals surface area contributed by atoms with Crippen molar-refractivity contribution in [3.05, 3.63) is 60.3 Å². The van der Waals surface area contributed by atoms with Gasteiger partial charge >= 0.3 is 24.4 Å². The number of aromatic nitrogens is 2. The van der Waals surface area contributed by atoms with E-state index in [1.165, 1.54) is 36.4 Å². The number of hydrogen-bond donors (Lipinski definition) is 1. The molecule has 48 heavy (non-hydrogen) atoms. The smallest absolute Gasteiger partial charge is 0.371 e. The molecule has 6 rings (SSSR count). The lowest BCUT2D eigenvalue weighted by molar-refractivity contribution is -0.199. The Morgan fingerprint density at radius 2 is 1.50 bits per heavy atom. The zero-order valence-corrected chi connectivity index (χ0v) is 25.6. The number of hydroxylamine groups is 1. The molecule has 3 saturated heterocycles. The summed E-state index contributed by atoms with van der Waals surface area (Å²) in [6, 6.07) is 10.9. The number of halogens is 6. The fraction of sp³-hybridized carbons (Fsp3) is 0.419. The minimum atomic E-state index is -5.38. The Morgan fingerprint density at radius 1 is 0.875 bits per heavy atom. The molecular formula is C31H31F6N7O4. The second-order valence-corrected chi connectivity index (χ2v) is 11.8. The highest BCUT2D eigenvalue weighted by Gasteiger charge is 2.44. The Balaban J connectivity index is 1.21. The van der Waals surface area contributed by atoms with Gasteiger partial charge in [-0.3, -0.25) is 0 Å². The van der Waals surface area contributed by atoms with Gasteiger partial charge in [-0.2, -0.15) is 26.3 Å². The second-order valence-electron chi connectivity index (χ2n) is 11.8. The van der Waals surface area contributed by atoms with E-state index in [1.807, 2.05) is 7.05 Å². The fourth-order valence-electron chi connectivity index (χ4n) is 5.76. The van der Waals surface area contributed by atoms with Gasteiger partial charge in [0.05, 0.1) is 17.9 Å². The summed E-state index contributed by atoms with van der Waals surface area (Å²) in [5, 5.41) is 2.55. The fourth-order valence-corrected chi connectivity index (χ4v) is 5.76. The van der Waals surface area contributed by atoms with E-state index in [0.717, 1.165) is 50.8 Å². The Kier molecular flexibility index (Phi) is 9.08. The van der Waals surface area contributed by atoms with Crippen LogP contribution in [0.25, 0.3) is 11.4 Å². The van der Waals surface area contributed by atoms with Crippen LogP contribution in [0.1, 0.15) is 18.5 Å². The van der Waals surface area contributed by atoms with E-state index in [2.05, 4.69) is 29.9 Å². The van der Waals surface area contributed by atoms with Crippen molar-refractivity contribution in [3.8, 4) is 11.4 Å². The summed E-state index contributed by atoms with van der Waals surface area (Å²) < 4.78 is 86.6. The molecule has 11 nitrogen and oxygen atoms in total. The third-order valence-electron chi connectivity index (χ3n) is 8.31. The third kappa shape index (κ3) is 7.57. The number of carbonyl (C=O) groups excluding carboxylic acids is 2. The van der Waals surface area contributed by atoms with E-state index >= 15 is 0 Å². The maximum Gasteiger partial charge on any atom is 0.493 e. The number of nitrogens with zero attached hydrogens (tertiary/aromatic N) is 6. The van der Waals surface area contributed by atoms with Crippen LogP contribution >= 0.6 is 0 Å². The van der Waals surface area contributed by atoms with E-state index < -0.39 is 30.0 Å². The molecule has 1 aromatic heterocycles. The number of amides is 2. The molecule has 256 valence electrons. The van der Waals surface area contributed by atoms with Gasteiger partial charge in [0.1, 0.15) is 5.82 Å². The number of morpholine rings is 1. The molecule has 3 aliphatic rings. The van der Waals surface area contributed by atoms with Crippen LogP contribution in [0, 0.1) is 0 Å². The Hall–Kier alpha value is -4.64. The summed E-state index contributed by atoms with van der Waals surface area (Å²) in [5.74, 6) is -2.72. The first-order valence-corrected chi connectivity index (χ1v) is 15.1. The molecule has 0 aliphatic carbocycles. The first-order valence-electron chi connectivity index (χ1n) is 15.1. The van der Waals surface area contributed by atoms with Crippen molar-refractivity contribution in [2.45, 2.75) is 37.4 Å². The van der Waals surface area contributed by atoms with Crippen molar-refractivity contribution in [2.24, 2.45) is 0 Å². The van der Waals surface area contributed by atoms with E-state index in [1.54, 1.807) is 17.0 Å². The third-order valence-corrected chi connectivity index (χ3v) is 8.31. The summed E-state index contributed by atoms with van der Waals surface area (Å²) >= 11 is 0. The molecule has 2 bridgehead atoms. The lowest BCUT2D eigenvalue weighted by Crippen LogP contribution is -2.44. The molecule has 17 heteroatoms. The monoisotopic (exact) mass is 679 g/mol. The summed E-state index contributed by atoms with van der Waals surface area (Å²) in [7, 11) is 1.99. The van der Waals surface area contributed by atoms with Crippen LogP contribution in [0.3, 0.4) is 0 Å². The predicted octanol–water partition coefficient (Wildman–Crippen LogP) is 5.34. The molecule has 4 heterocycles. The van der Waals surface area contributed by atoms with Gasteiger partial charge in [0.2, 0.25) is 0 Å². The number of nitrogens with one attached hydrogen (secondary N) is 1. The number of anilines is 4. The average Bonchev–Trinajstić information content (AvgIpc) is 3.40. The molecule has 3 aliphatic heterocycles. The number of likely N-dealkylation sites (N-methyl/N-ethyl adjacent to an activating group) is 1. The van der Waals surface area contributed by atoms with Crippen molar-refractivity contribution in [3.63, 3.8) is 0 Å². The molecule has 2 amide bonds. The molecule has 2 unspecified atom stereocenters. The maximum absolute atomic E-state index is 13.8. The number of hydrogen-bond acceptors (Lipinski definition) is 9. The molecule has 3 aromatic rings. The zero-order valence-electron chi connectivity index (χ0n) is 25.6. The van der Waals surface area contributed by atoms with Gasteiger partial charge in [-0.05, 0) is 68.4 Å². The number of carbonyl (C=O) groups is 2. The van der Waals surface area contributed by atoms with Crippen molar-refractivity contribution in [1.82, 2.24) is 14.9 Å². The summed E-state index contributed by atoms with van der Waals surface area (Å²) in [6.07, 6.45) is -8.69. The zero-order chi connectivity index (χ0) is 34.2. The molecule has 3 fully saturated rings. The largest absolute Gasteiger partial charge is 0.493 e. The number of ether oxygens (including phenoxy) is 1. The second kappa shape index (κ2) is 13.1. The van der Waals surface area contributed by atoms with Crippen molar-refractivity contribution < 1.29 is 45.5 Å². The molecule has 0 radical (unpaired) electrons.